The molecule has 0 saturated carbocycles. The highest BCUT2D eigenvalue weighted by molar-refractivity contribution is 9.28. The summed E-state index contributed by atoms with van der Waals surface area (Å²) in [5.41, 5.74) is -0.713. The van der Waals surface area contributed by atoms with Crippen LogP contribution < -0.4 is 0 Å². The highest BCUT2D eigenvalue weighted by Gasteiger charge is 2.49. The van der Waals surface area contributed by atoms with Crippen LogP contribution in [0.3, 0.4) is 0 Å². The molecule has 0 atom stereocenters. The first-order valence-corrected chi connectivity index (χ1v) is 7.35. The standard InChI is InChI=1S/C8H14Br2O3S/c1-5-14(12,13)8(9,10)6(11)7(2,3)4/h5H2,1-4H3. The maximum Gasteiger partial charge on any atom is 0.239 e. The summed E-state index contributed by atoms with van der Waals surface area (Å²) in [7, 11) is -3.50. The fourth-order valence-corrected chi connectivity index (χ4v) is 4.27. The molecule has 0 aliphatic carbocycles. The van der Waals surface area contributed by atoms with Gasteiger partial charge >= 0.3 is 0 Å². The van der Waals surface area contributed by atoms with Gasteiger partial charge in [0.05, 0.1) is 5.75 Å². The number of hydrogen-bond acceptors (Lipinski definition) is 3. The van der Waals surface area contributed by atoms with E-state index in [1.807, 2.05) is 0 Å². The van der Waals surface area contributed by atoms with Crippen LogP contribution in [0.1, 0.15) is 27.7 Å². The third-order valence-corrected chi connectivity index (χ3v) is 7.12. The second-order valence-corrected chi connectivity index (χ2v) is 10.9. The highest BCUT2D eigenvalue weighted by Crippen LogP contribution is 2.40. The monoisotopic (exact) mass is 348 g/mol. The van der Waals surface area contributed by atoms with Gasteiger partial charge in [0.15, 0.2) is 15.6 Å². The molecule has 6 heteroatoms. The predicted octanol–water partition coefficient (Wildman–Crippen LogP) is 2.48. The molecule has 0 aromatic rings. The maximum absolute atomic E-state index is 11.8. The van der Waals surface area contributed by atoms with Crippen molar-refractivity contribution in [1.29, 1.82) is 0 Å². The molecular formula is C8H14Br2O3S. The van der Waals surface area contributed by atoms with E-state index in [1.165, 1.54) is 6.92 Å². The Bertz CT molecular complexity index is 325. The van der Waals surface area contributed by atoms with Gasteiger partial charge in [-0.1, -0.05) is 27.7 Å². The Balaban J connectivity index is 5.30. The summed E-state index contributed by atoms with van der Waals surface area (Å²) >= 11 is 5.89. The zero-order valence-corrected chi connectivity index (χ0v) is 12.6. The largest absolute Gasteiger partial charge is 0.295 e. The number of carbonyl (C=O) groups excluding carboxylic acids is 1. The van der Waals surface area contributed by atoms with Gasteiger partial charge in [-0.15, -0.1) is 0 Å². The lowest BCUT2D eigenvalue weighted by atomic mass is 9.92. The smallest absolute Gasteiger partial charge is 0.239 e. The molecule has 0 unspecified atom stereocenters. The van der Waals surface area contributed by atoms with Crippen molar-refractivity contribution in [3.63, 3.8) is 0 Å². The van der Waals surface area contributed by atoms with E-state index >= 15 is 0 Å². The molecule has 0 bridgehead atoms. The fourth-order valence-electron chi connectivity index (χ4n) is 0.759. The SMILES string of the molecule is CCS(=O)(=O)C(Br)(Br)C(=O)C(C)(C)C. The van der Waals surface area contributed by atoms with Crippen molar-refractivity contribution >= 4 is 47.5 Å². The van der Waals surface area contributed by atoms with Gasteiger partial charge in [0.25, 0.3) is 0 Å². The summed E-state index contributed by atoms with van der Waals surface area (Å²) in [5.74, 6) is -0.488. The first-order chi connectivity index (χ1) is 5.97. The van der Waals surface area contributed by atoms with Crippen LogP contribution in [-0.2, 0) is 14.6 Å². The van der Waals surface area contributed by atoms with E-state index in [0.29, 0.717) is 0 Å². The van der Waals surface area contributed by atoms with Crippen LogP contribution in [0.5, 0.6) is 0 Å². The van der Waals surface area contributed by atoms with Crippen molar-refractivity contribution in [1.82, 2.24) is 0 Å². The number of rotatable bonds is 3. The van der Waals surface area contributed by atoms with Gasteiger partial charge in [0, 0.05) is 5.41 Å². The zero-order valence-electron chi connectivity index (χ0n) is 8.60. The number of Topliss-reactive ketones (excluding diaryl/α,β-unsaturated/α-hetero) is 1. The zero-order chi connectivity index (χ0) is 11.8. The summed E-state index contributed by atoms with van der Waals surface area (Å²) in [6.45, 7) is 6.54. The van der Waals surface area contributed by atoms with Gasteiger partial charge in [-0.25, -0.2) is 8.42 Å². The number of alkyl halides is 2. The normalized spacial score (nSPS) is 14.1. The Labute approximate surface area is 102 Å². The molecule has 0 aromatic heterocycles. The molecule has 0 radical (unpaired) electrons. The van der Waals surface area contributed by atoms with Crippen LogP contribution >= 0.6 is 31.9 Å². The van der Waals surface area contributed by atoms with Crippen LogP contribution in [0.4, 0.5) is 0 Å². The van der Waals surface area contributed by atoms with E-state index in [1.54, 1.807) is 20.8 Å². The van der Waals surface area contributed by atoms with E-state index in [4.69, 9.17) is 0 Å². The van der Waals surface area contributed by atoms with Gasteiger partial charge in [0.2, 0.25) is 2.57 Å². The lowest BCUT2D eigenvalue weighted by Gasteiger charge is -2.26. The minimum atomic E-state index is -3.50. The minimum Gasteiger partial charge on any atom is -0.295 e. The van der Waals surface area contributed by atoms with Crippen molar-refractivity contribution in [2.24, 2.45) is 5.41 Å². The first-order valence-electron chi connectivity index (χ1n) is 4.12. The molecule has 84 valence electrons. The van der Waals surface area contributed by atoms with Crippen molar-refractivity contribution in [3.05, 3.63) is 0 Å². The third-order valence-electron chi connectivity index (χ3n) is 1.72. The van der Waals surface area contributed by atoms with Gasteiger partial charge in [-0.05, 0) is 31.9 Å². The van der Waals surface area contributed by atoms with Crippen molar-refractivity contribution in [3.8, 4) is 0 Å². The number of hydrogen-bond donors (Lipinski definition) is 0. The van der Waals surface area contributed by atoms with Crippen LogP contribution in [0.15, 0.2) is 0 Å². The minimum absolute atomic E-state index is 0.0919. The highest BCUT2D eigenvalue weighted by atomic mass is 79.9. The molecule has 0 amide bonds. The molecule has 0 spiro atoms. The van der Waals surface area contributed by atoms with Crippen LogP contribution in [0.2, 0.25) is 0 Å². The first kappa shape index (κ1) is 14.6. The topological polar surface area (TPSA) is 51.2 Å². The van der Waals surface area contributed by atoms with Crippen molar-refractivity contribution < 1.29 is 13.2 Å². The Morgan fingerprint density at radius 2 is 1.57 bits per heavy atom. The Morgan fingerprint density at radius 3 is 1.79 bits per heavy atom. The summed E-state index contributed by atoms with van der Waals surface area (Å²) < 4.78 is 21.5. The third kappa shape index (κ3) is 2.79. The van der Waals surface area contributed by atoms with E-state index in [9.17, 15) is 13.2 Å². The van der Waals surface area contributed by atoms with Gasteiger partial charge in [0.1, 0.15) is 0 Å². The maximum atomic E-state index is 11.8. The van der Waals surface area contributed by atoms with Crippen LogP contribution in [-0.4, -0.2) is 22.5 Å². The number of halogens is 2. The second-order valence-electron chi connectivity index (χ2n) is 4.00. The van der Waals surface area contributed by atoms with E-state index in [0.717, 1.165) is 0 Å². The summed E-state index contributed by atoms with van der Waals surface area (Å²) in [6, 6.07) is 0. The molecule has 0 aromatic carbocycles. The van der Waals surface area contributed by atoms with Crippen molar-refractivity contribution in [2.75, 3.05) is 5.75 Å². The Hall–Kier alpha value is 0.580. The molecular weight excluding hydrogens is 336 g/mol. The lowest BCUT2D eigenvalue weighted by molar-refractivity contribution is -0.124. The van der Waals surface area contributed by atoms with E-state index < -0.39 is 23.6 Å². The van der Waals surface area contributed by atoms with Crippen LogP contribution in [0.25, 0.3) is 0 Å². The van der Waals surface area contributed by atoms with Gasteiger partial charge in [-0.2, -0.15) is 0 Å². The van der Waals surface area contributed by atoms with E-state index in [2.05, 4.69) is 31.9 Å². The molecule has 0 saturated heterocycles. The van der Waals surface area contributed by atoms with Crippen molar-refractivity contribution in [2.45, 2.75) is 30.3 Å². The molecule has 0 fully saturated rings. The van der Waals surface area contributed by atoms with E-state index in [-0.39, 0.29) is 5.75 Å². The summed E-state index contributed by atoms with van der Waals surface area (Å²) in [5, 5.41) is 0. The molecule has 0 aliphatic rings. The number of ketones is 1. The molecule has 14 heavy (non-hydrogen) atoms. The molecule has 0 rings (SSSR count). The predicted molar refractivity (Wildman–Crippen MR) is 64.5 cm³/mol. The second kappa shape index (κ2) is 4.22. The average Bonchev–Trinajstić information content (AvgIpc) is 2.01. The number of carbonyl (C=O) groups is 1. The quantitative estimate of drug-likeness (QED) is 0.735. The fraction of sp³-hybridized carbons (Fsp3) is 0.875. The molecule has 3 nitrogen and oxygen atoms in total. The number of sulfone groups is 1. The average molecular weight is 350 g/mol. The Morgan fingerprint density at radius 1 is 1.21 bits per heavy atom. The summed E-state index contributed by atoms with van der Waals surface area (Å²) in [4.78, 5) is 11.8. The Kier molecular flexibility index (Phi) is 4.39. The van der Waals surface area contributed by atoms with Gasteiger partial charge in [-0.3, -0.25) is 4.79 Å². The molecule has 0 N–H and O–H groups in total. The molecule has 0 aliphatic heterocycles. The summed E-state index contributed by atoms with van der Waals surface area (Å²) in [6.07, 6.45) is 0. The lowest BCUT2D eigenvalue weighted by Crippen LogP contribution is -2.42. The van der Waals surface area contributed by atoms with Crippen LogP contribution in [0, 0.1) is 5.41 Å². The molecule has 0 heterocycles. The van der Waals surface area contributed by atoms with Gasteiger partial charge < -0.3 is 0 Å².